The lowest BCUT2D eigenvalue weighted by Gasteiger charge is -2.10. The lowest BCUT2D eigenvalue weighted by atomic mass is 10.1. The second-order valence-electron chi connectivity index (χ2n) is 3.61. The molecule has 0 bridgehead atoms. The summed E-state index contributed by atoms with van der Waals surface area (Å²) in [6.07, 6.45) is 0.0632. The average molecular weight is 256 g/mol. The van der Waals surface area contributed by atoms with Crippen LogP contribution in [0, 0.1) is 15.9 Å². The number of rotatable bonds is 5. The number of benzene rings is 1. The van der Waals surface area contributed by atoms with Crippen LogP contribution in [0.5, 0.6) is 0 Å². The lowest BCUT2D eigenvalue weighted by molar-refractivity contribution is -0.387. The standard InChI is InChI=1S/C11H13FN2O4/c1-2-18-11(15)9(13)6-7-3-4-10(14(16)17)8(12)5-7/h3-5,9H,2,6,13H2,1H3. The summed E-state index contributed by atoms with van der Waals surface area (Å²) in [6.45, 7) is 1.86. The van der Waals surface area contributed by atoms with Gasteiger partial charge in [0, 0.05) is 6.07 Å². The summed E-state index contributed by atoms with van der Waals surface area (Å²) >= 11 is 0. The Morgan fingerprint density at radius 3 is 2.78 bits per heavy atom. The van der Waals surface area contributed by atoms with Crippen LogP contribution in [0.25, 0.3) is 0 Å². The molecule has 1 aromatic carbocycles. The Kier molecular flexibility index (Phi) is 4.73. The van der Waals surface area contributed by atoms with E-state index in [-0.39, 0.29) is 13.0 Å². The largest absolute Gasteiger partial charge is 0.465 e. The smallest absolute Gasteiger partial charge is 0.323 e. The Labute approximate surface area is 103 Å². The number of hydrogen-bond acceptors (Lipinski definition) is 5. The molecule has 0 aromatic heterocycles. The van der Waals surface area contributed by atoms with Gasteiger partial charge in [-0.15, -0.1) is 0 Å². The SMILES string of the molecule is CCOC(=O)C(N)Cc1ccc([N+](=O)[O-])c(F)c1. The zero-order chi connectivity index (χ0) is 13.7. The van der Waals surface area contributed by atoms with Crippen LogP contribution in [0.3, 0.4) is 0 Å². The van der Waals surface area contributed by atoms with Gasteiger partial charge in [0.2, 0.25) is 5.82 Å². The van der Waals surface area contributed by atoms with Crippen molar-refractivity contribution in [3.63, 3.8) is 0 Å². The van der Waals surface area contributed by atoms with Crippen LogP contribution in [0.4, 0.5) is 10.1 Å². The van der Waals surface area contributed by atoms with Gasteiger partial charge in [-0.25, -0.2) is 0 Å². The third-order valence-corrected chi connectivity index (χ3v) is 2.25. The van der Waals surface area contributed by atoms with Crippen molar-refractivity contribution in [3.8, 4) is 0 Å². The fraction of sp³-hybridized carbons (Fsp3) is 0.364. The van der Waals surface area contributed by atoms with Crippen molar-refractivity contribution in [2.45, 2.75) is 19.4 Å². The third-order valence-electron chi connectivity index (χ3n) is 2.25. The molecule has 1 rings (SSSR count). The number of carbonyl (C=O) groups is 1. The number of hydrogen-bond donors (Lipinski definition) is 1. The summed E-state index contributed by atoms with van der Waals surface area (Å²) in [6, 6.07) is 2.49. The van der Waals surface area contributed by atoms with Crippen molar-refractivity contribution in [2.24, 2.45) is 5.73 Å². The van der Waals surface area contributed by atoms with Gasteiger partial charge in [-0.2, -0.15) is 4.39 Å². The van der Waals surface area contributed by atoms with Crippen LogP contribution in [0.1, 0.15) is 12.5 Å². The molecule has 0 heterocycles. The highest BCUT2D eigenvalue weighted by Gasteiger charge is 2.18. The van der Waals surface area contributed by atoms with E-state index in [0.29, 0.717) is 5.56 Å². The number of esters is 1. The van der Waals surface area contributed by atoms with Crippen LogP contribution in [0.2, 0.25) is 0 Å². The zero-order valence-electron chi connectivity index (χ0n) is 9.76. The van der Waals surface area contributed by atoms with Crippen molar-refractivity contribution < 1.29 is 18.8 Å². The van der Waals surface area contributed by atoms with E-state index in [1.165, 1.54) is 6.07 Å². The van der Waals surface area contributed by atoms with Gasteiger partial charge in [-0.1, -0.05) is 6.07 Å². The molecule has 0 fully saturated rings. The van der Waals surface area contributed by atoms with Crippen LogP contribution in [-0.2, 0) is 16.0 Å². The Bertz CT molecular complexity index is 464. The number of nitro benzene ring substituents is 1. The molecule has 0 amide bonds. The van der Waals surface area contributed by atoms with Gasteiger partial charge in [-0.05, 0) is 25.0 Å². The fourth-order valence-electron chi connectivity index (χ4n) is 1.41. The van der Waals surface area contributed by atoms with Crippen molar-refractivity contribution in [1.82, 2.24) is 0 Å². The third kappa shape index (κ3) is 3.49. The Balaban J connectivity index is 2.77. The molecule has 6 nitrogen and oxygen atoms in total. The van der Waals surface area contributed by atoms with E-state index >= 15 is 0 Å². The highest BCUT2D eigenvalue weighted by Crippen LogP contribution is 2.18. The normalized spacial score (nSPS) is 11.9. The van der Waals surface area contributed by atoms with E-state index < -0.39 is 28.4 Å². The molecule has 0 saturated carbocycles. The predicted octanol–water partition coefficient (Wildman–Crippen LogP) is 1.17. The zero-order valence-corrected chi connectivity index (χ0v) is 9.76. The van der Waals surface area contributed by atoms with E-state index in [2.05, 4.69) is 0 Å². The first-order valence-electron chi connectivity index (χ1n) is 5.30. The summed E-state index contributed by atoms with van der Waals surface area (Å²) in [5, 5.41) is 10.4. The minimum atomic E-state index is -0.950. The highest BCUT2D eigenvalue weighted by molar-refractivity contribution is 5.75. The second kappa shape index (κ2) is 6.06. The quantitative estimate of drug-likeness (QED) is 0.484. The summed E-state index contributed by atoms with van der Waals surface area (Å²) in [5.74, 6) is -1.54. The summed E-state index contributed by atoms with van der Waals surface area (Å²) in [4.78, 5) is 20.9. The van der Waals surface area contributed by atoms with E-state index in [1.807, 2.05) is 0 Å². The molecule has 7 heteroatoms. The van der Waals surface area contributed by atoms with E-state index in [4.69, 9.17) is 10.5 Å². The first-order valence-corrected chi connectivity index (χ1v) is 5.30. The highest BCUT2D eigenvalue weighted by atomic mass is 19.1. The van der Waals surface area contributed by atoms with Gasteiger partial charge in [0.05, 0.1) is 11.5 Å². The van der Waals surface area contributed by atoms with Crippen molar-refractivity contribution >= 4 is 11.7 Å². The second-order valence-corrected chi connectivity index (χ2v) is 3.61. The minimum Gasteiger partial charge on any atom is -0.465 e. The molecule has 18 heavy (non-hydrogen) atoms. The predicted molar refractivity (Wildman–Crippen MR) is 61.4 cm³/mol. The first kappa shape index (κ1) is 14.0. The topological polar surface area (TPSA) is 95.5 Å². The van der Waals surface area contributed by atoms with Gasteiger partial charge >= 0.3 is 11.7 Å². The van der Waals surface area contributed by atoms with Crippen LogP contribution in [-0.4, -0.2) is 23.5 Å². The summed E-state index contributed by atoms with van der Waals surface area (Å²) in [7, 11) is 0. The van der Waals surface area contributed by atoms with Crippen molar-refractivity contribution in [2.75, 3.05) is 6.61 Å². The molecular formula is C11H13FN2O4. The molecule has 2 N–H and O–H groups in total. The Hall–Kier alpha value is -2.02. The number of carbonyl (C=O) groups excluding carboxylic acids is 1. The summed E-state index contributed by atoms with van der Waals surface area (Å²) in [5.41, 5.74) is 5.35. The van der Waals surface area contributed by atoms with E-state index in [9.17, 15) is 19.3 Å². The summed E-state index contributed by atoms with van der Waals surface area (Å²) < 4.78 is 18.0. The molecule has 0 aliphatic carbocycles. The van der Waals surface area contributed by atoms with Gasteiger partial charge in [0.15, 0.2) is 0 Å². The number of nitro groups is 1. The van der Waals surface area contributed by atoms with Gasteiger partial charge in [0.25, 0.3) is 0 Å². The molecule has 0 radical (unpaired) electrons. The molecule has 0 aliphatic rings. The molecule has 0 spiro atoms. The van der Waals surface area contributed by atoms with Crippen molar-refractivity contribution in [3.05, 3.63) is 39.7 Å². The van der Waals surface area contributed by atoms with Crippen LogP contribution in [0.15, 0.2) is 18.2 Å². The Morgan fingerprint density at radius 2 is 2.28 bits per heavy atom. The van der Waals surface area contributed by atoms with Gasteiger partial charge in [-0.3, -0.25) is 14.9 Å². The molecule has 0 aliphatic heterocycles. The lowest BCUT2D eigenvalue weighted by Crippen LogP contribution is -2.34. The number of halogens is 1. The first-order chi connectivity index (χ1) is 8.45. The molecule has 1 aromatic rings. The maximum Gasteiger partial charge on any atom is 0.323 e. The Morgan fingerprint density at radius 1 is 1.61 bits per heavy atom. The van der Waals surface area contributed by atoms with Crippen LogP contribution < -0.4 is 5.73 Å². The minimum absolute atomic E-state index is 0.0632. The van der Waals surface area contributed by atoms with E-state index in [1.54, 1.807) is 6.92 Å². The van der Waals surface area contributed by atoms with Crippen molar-refractivity contribution in [1.29, 1.82) is 0 Å². The molecule has 1 atom stereocenters. The number of nitrogens with zero attached hydrogens (tertiary/aromatic N) is 1. The van der Waals surface area contributed by atoms with Crippen LogP contribution >= 0.6 is 0 Å². The van der Waals surface area contributed by atoms with Gasteiger partial charge < -0.3 is 10.5 Å². The number of ether oxygens (including phenoxy) is 1. The fourth-order valence-corrected chi connectivity index (χ4v) is 1.41. The monoisotopic (exact) mass is 256 g/mol. The maximum absolute atomic E-state index is 13.3. The molecule has 1 unspecified atom stereocenters. The average Bonchev–Trinajstić information content (AvgIpc) is 2.28. The van der Waals surface area contributed by atoms with Gasteiger partial charge in [0.1, 0.15) is 6.04 Å². The maximum atomic E-state index is 13.3. The molecule has 98 valence electrons. The number of nitrogens with two attached hydrogens (primary N) is 1. The molecule has 0 saturated heterocycles. The molecular weight excluding hydrogens is 243 g/mol. The van der Waals surface area contributed by atoms with E-state index in [0.717, 1.165) is 12.1 Å².